The second kappa shape index (κ2) is 3.50. The number of aromatic amines is 1. The first-order chi connectivity index (χ1) is 8.83. The van der Waals surface area contributed by atoms with E-state index in [-0.39, 0.29) is 11.5 Å². The van der Waals surface area contributed by atoms with E-state index in [1.54, 1.807) is 17.7 Å². The smallest absolute Gasteiger partial charge is 0.326 e. The molecule has 0 aliphatic carbocycles. The number of nitrogens with zero attached hydrogens (tertiary/aromatic N) is 1. The van der Waals surface area contributed by atoms with Gasteiger partial charge in [-0.2, -0.15) is 0 Å². The van der Waals surface area contributed by atoms with Crippen molar-refractivity contribution in [2.24, 2.45) is 7.05 Å². The van der Waals surface area contributed by atoms with E-state index in [9.17, 15) is 9.18 Å². The number of nitrogens with one attached hydrogen (secondary N) is 2. The van der Waals surface area contributed by atoms with Crippen LogP contribution in [-0.2, 0) is 12.6 Å². The van der Waals surface area contributed by atoms with Crippen molar-refractivity contribution < 1.29 is 4.39 Å². The summed E-state index contributed by atoms with van der Waals surface area (Å²) in [6, 6.07) is 3.18. The standard InChI is InChI=1S/C14H16FN3O/c1-7-5-6-8(15)10-9(7)11-12(14(2,3)17-10)16-13(19)18(11)4/h5-6,17H,1-4H3,(H,16,19). The van der Waals surface area contributed by atoms with Gasteiger partial charge in [0, 0.05) is 12.6 Å². The van der Waals surface area contributed by atoms with Crippen LogP contribution in [0.3, 0.4) is 0 Å². The van der Waals surface area contributed by atoms with Crippen molar-refractivity contribution in [2.45, 2.75) is 26.3 Å². The van der Waals surface area contributed by atoms with E-state index in [1.807, 2.05) is 20.8 Å². The van der Waals surface area contributed by atoms with Gasteiger partial charge in [-0.05, 0) is 32.4 Å². The van der Waals surface area contributed by atoms with Crippen LogP contribution in [0, 0.1) is 12.7 Å². The second-order valence-electron chi connectivity index (χ2n) is 5.58. The number of H-pyrrole nitrogens is 1. The Morgan fingerprint density at radius 2 is 2.00 bits per heavy atom. The van der Waals surface area contributed by atoms with E-state index < -0.39 is 5.54 Å². The van der Waals surface area contributed by atoms with Gasteiger partial charge in [0.2, 0.25) is 0 Å². The fourth-order valence-corrected chi connectivity index (χ4v) is 2.75. The van der Waals surface area contributed by atoms with Crippen LogP contribution in [-0.4, -0.2) is 9.55 Å². The third-order valence-corrected chi connectivity index (χ3v) is 3.77. The summed E-state index contributed by atoms with van der Waals surface area (Å²) < 4.78 is 15.6. The Kier molecular flexibility index (Phi) is 2.21. The number of aromatic nitrogens is 2. The Morgan fingerprint density at radius 1 is 1.32 bits per heavy atom. The van der Waals surface area contributed by atoms with Gasteiger partial charge in [-0.25, -0.2) is 9.18 Å². The molecule has 0 spiro atoms. The van der Waals surface area contributed by atoms with Crippen molar-refractivity contribution in [2.75, 3.05) is 5.32 Å². The molecular formula is C14H16FN3O. The topological polar surface area (TPSA) is 49.8 Å². The van der Waals surface area contributed by atoms with Crippen LogP contribution in [0.5, 0.6) is 0 Å². The highest BCUT2D eigenvalue weighted by atomic mass is 19.1. The van der Waals surface area contributed by atoms with Gasteiger partial charge in [0.25, 0.3) is 0 Å². The number of rotatable bonds is 0. The maximum absolute atomic E-state index is 14.1. The molecule has 2 N–H and O–H groups in total. The van der Waals surface area contributed by atoms with Crippen molar-refractivity contribution in [3.8, 4) is 11.3 Å². The molecule has 0 unspecified atom stereocenters. The van der Waals surface area contributed by atoms with Crippen molar-refractivity contribution in [3.05, 3.63) is 39.7 Å². The highest BCUT2D eigenvalue weighted by Gasteiger charge is 2.36. The van der Waals surface area contributed by atoms with Crippen LogP contribution in [0.2, 0.25) is 0 Å². The lowest BCUT2D eigenvalue weighted by atomic mass is 9.88. The molecule has 5 heteroatoms. The first-order valence-electron chi connectivity index (χ1n) is 6.20. The van der Waals surface area contributed by atoms with Crippen LogP contribution in [0.25, 0.3) is 11.3 Å². The number of fused-ring (bicyclic) bond motifs is 3. The molecule has 0 atom stereocenters. The highest BCUT2D eigenvalue weighted by molar-refractivity contribution is 5.84. The average molecular weight is 261 g/mol. The molecule has 0 bridgehead atoms. The monoisotopic (exact) mass is 261 g/mol. The number of anilines is 1. The van der Waals surface area contributed by atoms with E-state index in [4.69, 9.17) is 0 Å². The van der Waals surface area contributed by atoms with E-state index in [0.717, 1.165) is 22.5 Å². The van der Waals surface area contributed by atoms with Crippen molar-refractivity contribution >= 4 is 5.69 Å². The fourth-order valence-electron chi connectivity index (χ4n) is 2.75. The Hall–Kier alpha value is -2.04. The van der Waals surface area contributed by atoms with Crippen LogP contribution in [0.1, 0.15) is 25.1 Å². The third-order valence-electron chi connectivity index (χ3n) is 3.77. The Balaban J connectivity index is 2.48. The van der Waals surface area contributed by atoms with E-state index in [0.29, 0.717) is 5.69 Å². The number of imidazole rings is 1. The largest absolute Gasteiger partial charge is 0.372 e. The van der Waals surface area contributed by atoms with Gasteiger partial charge in [-0.3, -0.25) is 4.57 Å². The van der Waals surface area contributed by atoms with Crippen LogP contribution >= 0.6 is 0 Å². The molecule has 0 radical (unpaired) electrons. The van der Waals surface area contributed by atoms with E-state index >= 15 is 0 Å². The molecule has 0 fully saturated rings. The number of halogens is 1. The zero-order valence-corrected chi connectivity index (χ0v) is 11.4. The normalized spacial score (nSPS) is 15.6. The summed E-state index contributed by atoms with van der Waals surface area (Å²) in [7, 11) is 1.70. The van der Waals surface area contributed by atoms with Crippen LogP contribution in [0.4, 0.5) is 10.1 Å². The molecular weight excluding hydrogens is 245 g/mol. The first kappa shape index (κ1) is 12.0. The third kappa shape index (κ3) is 1.47. The summed E-state index contributed by atoms with van der Waals surface area (Å²) in [6.45, 7) is 5.76. The molecule has 4 nitrogen and oxygen atoms in total. The number of benzene rings is 1. The molecule has 2 heterocycles. The molecule has 1 aliphatic rings. The second-order valence-corrected chi connectivity index (χ2v) is 5.58. The molecule has 19 heavy (non-hydrogen) atoms. The minimum atomic E-state index is -0.516. The van der Waals surface area contributed by atoms with Gasteiger partial charge in [-0.1, -0.05) is 6.07 Å². The average Bonchev–Trinajstić information content (AvgIpc) is 2.62. The molecule has 3 rings (SSSR count). The van der Waals surface area contributed by atoms with Gasteiger partial charge in [0.1, 0.15) is 5.82 Å². The summed E-state index contributed by atoms with van der Waals surface area (Å²) in [5.74, 6) is -0.298. The zero-order valence-electron chi connectivity index (χ0n) is 11.4. The number of hydrogen-bond donors (Lipinski definition) is 2. The maximum Gasteiger partial charge on any atom is 0.326 e. The lowest BCUT2D eigenvalue weighted by Gasteiger charge is -2.34. The minimum Gasteiger partial charge on any atom is -0.372 e. The van der Waals surface area contributed by atoms with Crippen molar-refractivity contribution in [1.82, 2.24) is 9.55 Å². The number of hydrogen-bond acceptors (Lipinski definition) is 2. The predicted octanol–water partition coefficient (Wildman–Crippen LogP) is 2.49. The molecule has 0 saturated carbocycles. The Labute approximate surface area is 110 Å². The van der Waals surface area contributed by atoms with Gasteiger partial charge >= 0.3 is 5.69 Å². The molecule has 1 aromatic carbocycles. The quantitative estimate of drug-likeness (QED) is 0.765. The summed E-state index contributed by atoms with van der Waals surface area (Å²) in [5, 5.41) is 3.18. The van der Waals surface area contributed by atoms with Gasteiger partial charge in [-0.15, -0.1) is 0 Å². The predicted molar refractivity (Wildman–Crippen MR) is 72.8 cm³/mol. The molecule has 100 valence electrons. The Bertz CT molecular complexity index is 740. The SMILES string of the molecule is Cc1ccc(F)c2c1-c1c([nH]c(=O)n1C)C(C)(C)N2. The molecule has 1 aliphatic heterocycles. The summed E-state index contributed by atoms with van der Waals surface area (Å²) in [6.07, 6.45) is 0. The van der Waals surface area contributed by atoms with Crippen LogP contribution in [0.15, 0.2) is 16.9 Å². The van der Waals surface area contributed by atoms with Crippen LogP contribution < -0.4 is 11.0 Å². The lowest BCUT2D eigenvalue weighted by Crippen LogP contribution is -2.33. The molecule has 2 aromatic rings. The highest BCUT2D eigenvalue weighted by Crippen LogP contribution is 2.44. The maximum atomic E-state index is 14.1. The summed E-state index contributed by atoms with van der Waals surface area (Å²) in [5.41, 5.74) is 3.02. The molecule has 0 saturated heterocycles. The molecule has 0 amide bonds. The Morgan fingerprint density at radius 3 is 2.68 bits per heavy atom. The van der Waals surface area contributed by atoms with Crippen molar-refractivity contribution in [3.63, 3.8) is 0 Å². The van der Waals surface area contributed by atoms with Gasteiger partial charge in [0.15, 0.2) is 0 Å². The van der Waals surface area contributed by atoms with Gasteiger partial charge in [0.05, 0.1) is 22.6 Å². The van der Waals surface area contributed by atoms with E-state index in [2.05, 4.69) is 10.3 Å². The number of aryl methyl sites for hydroxylation is 1. The zero-order chi connectivity index (χ0) is 13.9. The van der Waals surface area contributed by atoms with E-state index in [1.165, 1.54) is 6.07 Å². The minimum absolute atomic E-state index is 0.184. The first-order valence-corrected chi connectivity index (χ1v) is 6.20. The lowest BCUT2D eigenvalue weighted by molar-refractivity contribution is 0.565. The van der Waals surface area contributed by atoms with Gasteiger partial charge < -0.3 is 10.3 Å². The summed E-state index contributed by atoms with van der Waals surface area (Å²) in [4.78, 5) is 14.8. The fraction of sp³-hybridized carbons (Fsp3) is 0.357. The summed E-state index contributed by atoms with van der Waals surface area (Å²) >= 11 is 0. The van der Waals surface area contributed by atoms with Crippen molar-refractivity contribution in [1.29, 1.82) is 0 Å². The molecule has 1 aromatic heterocycles.